The molecule has 0 spiro atoms. The normalized spacial score (nSPS) is 18.4. The lowest BCUT2D eigenvalue weighted by atomic mass is 10.1. The Hall–Kier alpha value is -1.88. The highest BCUT2D eigenvalue weighted by Crippen LogP contribution is 2.42. The molecule has 144 valence electrons. The van der Waals surface area contributed by atoms with Crippen LogP contribution in [0.1, 0.15) is 39.7 Å². The maximum atomic E-state index is 12.8. The average Bonchev–Trinajstić information content (AvgIpc) is 3.42. The van der Waals surface area contributed by atoms with E-state index < -0.39 is 10.0 Å². The van der Waals surface area contributed by atoms with Gasteiger partial charge in [-0.2, -0.15) is 4.31 Å². The monoisotopic (exact) mass is 408 g/mol. The minimum Gasteiger partial charge on any atom is -0.379 e. The van der Waals surface area contributed by atoms with E-state index in [1.165, 1.54) is 27.8 Å². The quantitative estimate of drug-likeness (QED) is 0.812. The topological polar surface area (TPSA) is 101 Å². The van der Waals surface area contributed by atoms with Gasteiger partial charge in [0, 0.05) is 24.6 Å². The Morgan fingerprint density at radius 3 is 2.70 bits per heavy atom. The second-order valence-electron chi connectivity index (χ2n) is 6.67. The number of nitrogens with zero attached hydrogens (tertiary/aromatic N) is 3. The van der Waals surface area contributed by atoms with Crippen LogP contribution in [0, 0.1) is 6.92 Å². The molecule has 0 radical (unpaired) electrons. The van der Waals surface area contributed by atoms with Crippen molar-refractivity contribution in [1.82, 2.24) is 14.5 Å². The van der Waals surface area contributed by atoms with E-state index in [-0.39, 0.29) is 10.8 Å². The summed E-state index contributed by atoms with van der Waals surface area (Å²) in [5.74, 6) is 0.0851. The van der Waals surface area contributed by atoms with E-state index in [1.807, 2.05) is 0 Å². The van der Waals surface area contributed by atoms with Gasteiger partial charge in [0.15, 0.2) is 0 Å². The van der Waals surface area contributed by atoms with Crippen LogP contribution in [0.5, 0.6) is 0 Å². The maximum Gasteiger partial charge on any atom is 0.257 e. The number of amides is 1. The molecule has 27 heavy (non-hydrogen) atoms. The summed E-state index contributed by atoms with van der Waals surface area (Å²) in [7, 11) is -3.66. The van der Waals surface area contributed by atoms with Crippen molar-refractivity contribution in [3.05, 3.63) is 34.3 Å². The summed E-state index contributed by atoms with van der Waals surface area (Å²) in [6.07, 6.45) is 2.23. The standard InChI is InChI=1S/C17H20N4O4S2/c1-11-2-5-13(27(23,24)21-6-8-25-9-7-21)10-14(11)15(22)18-17-20-19-16(26-17)12-3-4-12/h2,5,10,12H,3-4,6-9H2,1H3,(H,18,20,22). The summed E-state index contributed by atoms with van der Waals surface area (Å²) >= 11 is 1.37. The molecule has 10 heteroatoms. The maximum absolute atomic E-state index is 12.8. The number of hydrogen-bond acceptors (Lipinski definition) is 7. The molecule has 1 aromatic heterocycles. The van der Waals surface area contributed by atoms with E-state index >= 15 is 0 Å². The molecule has 2 aliphatic rings. The van der Waals surface area contributed by atoms with Crippen molar-refractivity contribution in [2.45, 2.75) is 30.6 Å². The van der Waals surface area contributed by atoms with Gasteiger partial charge in [-0.05, 0) is 37.5 Å². The van der Waals surface area contributed by atoms with Gasteiger partial charge in [0.2, 0.25) is 15.2 Å². The van der Waals surface area contributed by atoms with Gasteiger partial charge in [0.05, 0.1) is 18.1 Å². The molecule has 1 saturated carbocycles. The Morgan fingerprint density at radius 1 is 1.26 bits per heavy atom. The van der Waals surface area contributed by atoms with Crippen molar-refractivity contribution < 1.29 is 17.9 Å². The van der Waals surface area contributed by atoms with Crippen molar-refractivity contribution in [1.29, 1.82) is 0 Å². The summed E-state index contributed by atoms with van der Waals surface area (Å²) in [5.41, 5.74) is 1.01. The Bertz CT molecular complexity index is 963. The average molecular weight is 409 g/mol. The SMILES string of the molecule is Cc1ccc(S(=O)(=O)N2CCOCC2)cc1C(=O)Nc1nnc(C2CC2)s1. The molecule has 0 bridgehead atoms. The molecule has 8 nitrogen and oxygen atoms in total. The number of rotatable bonds is 5. The minimum atomic E-state index is -3.66. The van der Waals surface area contributed by atoms with E-state index in [2.05, 4.69) is 15.5 Å². The van der Waals surface area contributed by atoms with Gasteiger partial charge < -0.3 is 4.74 Å². The molecule has 2 fully saturated rings. The van der Waals surface area contributed by atoms with Crippen LogP contribution in [0.3, 0.4) is 0 Å². The molecular weight excluding hydrogens is 388 g/mol. The van der Waals surface area contributed by atoms with Crippen molar-refractivity contribution in [2.75, 3.05) is 31.6 Å². The predicted molar refractivity (Wildman–Crippen MR) is 101 cm³/mol. The molecule has 1 saturated heterocycles. The Morgan fingerprint density at radius 2 is 2.00 bits per heavy atom. The number of anilines is 1. The lowest BCUT2D eigenvalue weighted by Gasteiger charge is -2.26. The van der Waals surface area contributed by atoms with E-state index in [0.29, 0.717) is 48.5 Å². The fraction of sp³-hybridized carbons (Fsp3) is 0.471. The number of aryl methyl sites for hydroxylation is 1. The van der Waals surface area contributed by atoms with Crippen LogP contribution in [-0.4, -0.2) is 55.1 Å². The summed E-state index contributed by atoms with van der Waals surface area (Å²) < 4.78 is 32.3. The van der Waals surface area contributed by atoms with Crippen LogP contribution in [0.2, 0.25) is 0 Å². The highest BCUT2D eigenvalue weighted by Gasteiger charge is 2.29. The summed E-state index contributed by atoms with van der Waals surface area (Å²) in [5, 5.41) is 12.2. The van der Waals surface area contributed by atoms with Gasteiger partial charge in [0.25, 0.3) is 5.91 Å². The molecule has 1 aromatic carbocycles. The molecule has 2 aromatic rings. The third kappa shape index (κ3) is 3.88. The molecule has 0 atom stereocenters. The van der Waals surface area contributed by atoms with E-state index in [1.54, 1.807) is 13.0 Å². The molecule has 0 unspecified atom stereocenters. The third-order valence-electron chi connectivity index (χ3n) is 4.65. The number of nitrogens with one attached hydrogen (secondary N) is 1. The number of sulfonamides is 1. The zero-order valence-corrected chi connectivity index (χ0v) is 16.5. The number of hydrogen-bond donors (Lipinski definition) is 1. The fourth-order valence-corrected chi connectivity index (χ4v) is 5.23. The van der Waals surface area contributed by atoms with Crippen molar-refractivity contribution in [3.8, 4) is 0 Å². The number of carbonyl (C=O) groups is 1. The summed E-state index contributed by atoms with van der Waals surface area (Å²) in [4.78, 5) is 12.8. The molecule has 1 aliphatic heterocycles. The van der Waals surface area contributed by atoms with E-state index in [9.17, 15) is 13.2 Å². The molecule has 4 rings (SSSR count). The van der Waals surface area contributed by atoms with Crippen LogP contribution in [0.15, 0.2) is 23.1 Å². The second-order valence-corrected chi connectivity index (χ2v) is 9.61. The van der Waals surface area contributed by atoms with E-state index in [0.717, 1.165) is 17.8 Å². The largest absolute Gasteiger partial charge is 0.379 e. The Balaban J connectivity index is 1.56. The number of benzene rings is 1. The first-order valence-corrected chi connectivity index (χ1v) is 11.0. The van der Waals surface area contributed by atoms with Crippen molar-refractivity contribution >= 4 is 32.4 Å². The third-order valence-corrected chi connectivity index (χ3v) is 7.54. The first kappa shape index (κ1) is 18.5. The zero-order valence-electron chi connectivity index (χ0n) is 14.8. The van der Waals surface area contributed by atoms with Crippen molar-refractivity contribution in [2.24, 2.45) is 0 Å². The van der Waals surface area contributed by atoms with Gasteiger partial charge in [-0.25, -0.2) is 8.42 Å². The second kappa shape index (κ2) is 7.27. The number of morpholine rings is 1. The molecule has 1 amide bonds. The Kier molecular flexibility index (Phi) is 4.97. The van der Waals surface area contributed by atoms with Gasteiger partial charge in [0.1, 0.15) is 5.01 Å². The van der Waals surface area contributed by atoms with Crippen LogP contribution in [0.4, 0.5) is 5.13 Å². The highest BCUT2D eigenvalue weighted by molar-refractivity contribution is 7.89. The smallest absolute Gasteiger partial charge is 0.257 e. The van der Waals surface area contributed by atoms with Gasteiger partial charge in [-0.15, -0.1) is 10.2 Å². The van der Waals surface area contributed by atoms with Gasteiger partial charge in [-0.1, -0.05) is 17.4 Å². The lowest BCUT2D eigenvalue weighted by Crippen LogP contribution is -2.40. The number of ether oxygens (including phenoxy) is 1. The van der Waals surface area contributed by atoms with E-state index in [4.69, 9.17) is 4.74 Å². The molecule has 1 N–H and O–H groups in total. The first-order chi connectivity index (χ1) is 12.9. The van der Waals surface area contributed by atoms with Crippen LogP contribution in [-0.2, 0) is 14.8 Å². The highest BCUT2D eigenvalue weighted by atomic mass is 32.2. The van der Waals surface area contributed by atoms with Gasteiger partial charge >= 0.3 is 0 Å². The molecular formula is C17H20N4O4S2. The number of aromatic nitrogens is 2. The van der Waals surface area contributed by atoms with Gasteiger partial charge in [-0.3, -0.25) is 10.1 Å². The van der Waals surface area contributed by atoms with Crippen LogP contribution < -0.4 is 5.32 Å². The molecule has 2 heterocycles. The van der Waals surface area contributed by atoms with Crippen LogP contribution >= 0.6 is 11.3 Å². The zero-order chi connectivity index (χ0) is 19.0. The lowest BCUT2D eigenvalue weighted by molar-refractivity contribution is 0.0730. The summed E-state index contributed by atoms with van der Waals surface area (Å²) in [6.45, 7) is 3.15. The Labute approximate surface area is 161 Å². The van der Waals surface area contributed by atoms with Crippen molar-refractivity contribution in [3.63, 3.8) is 0 Å². The summed E-state index contributed by atoms with van der Waals surface area (Å²) in [6, 6.07) is 4.61. The number of carbonyl (C=O) groups excluding carboxylic acids is 1. The van der Waals surface area contributed by atoms with Crippen LogP contribution in [0.25, 0.3) is 0 Å². The predicted octanol–water partition coefficient (Wildman–Crippen LogP) is 2.00. The minimum absolute atomic E-state index is 0.107. The fourth-order valence-electron chi connectivity index (χ4n) is 2.89. The molecule has 1 aliphatic carbocycles. The first-order valence-electron chi connectivity index (χ1n) is 8.78.